The molecule has 0 aliphatic heterocycles. The average molecular weight is 203 g/mol. The maximum Gasteiger partial charge on any atom is 0.0645 e. The number of hydrogen-bond donors (Lipinski definition) is 0. The van der Waals surface area contributed by atoms with Crippen LogP contribution in [-0.2, 0) is 9.47 Å². The summed E-state index contributed by atoms with van der Waals surface area (Å²) >= 11 is 0. The summed E-state index contributed by atoms with van der Waals surface area (Å²) in [6.07, 6.45) is 3.27. The van der Waals surface area contributed by atoms with Crippen LogP contribution in [0.5, 0.6) is 0 Å². The third-order valence-corrected chi connectivity index (χ3v) is 1.43. The lowest BCUT2D eigenvalue weighted by Crippen LogP contribution is -2.23. The Morgan fingerprint density at radius 1 is 1.00 bits per heavy atom. The molecule has 0 saturated carbocycles. The number of ether oxygens (including phenoxy) is 2. The lowest BCUT2D eigenvalue weighted by molar-refractivity contribution is -0.0229. The second-order valence-electron chi connectivity index (χ2n) is 2.64. The van der Waals surface area contributed by atoms with Gasteiger partial charge in [0.15, 0.2) is 0 Å². The molecule has 0 fully saturated rings. The zero-order valence-electron chi connectivity index (χ0n) is 8.45. The van der Waals surface area contributed by atoms with E-state index in [4.69, 9.17) is 9.47 Å². The van der Waals surface area contributed by atoms with E-state index in [0.29, 0.717) is 31.5 Å². The number of halogens is 1. The van der Waals surface area contributed by atoms with Gasteiger partial charge >= 0.3 is 0 Å². The second kappa shape index (κ2) is 10.4. The van der Waals surface area contributed by atoms with E-state index in [9.17, 15) is 4.48 Å². The van der Waals surface area contributed by atoms with Gasteiger partial charge in [0.1, 0.15) is 0 Å². The van der Waals surface area contributed by atoms with E-state index < -0.39 is 0 Å². The van der Waals surface area contributed by atoms with Crippen molar-refractivity contribution in [3.05, 3.63) is 25.3 Å². The molecule has 0 N–H and O–H groups in total. The minimum atomic E-state index is 0.255. The van der Waals surface area contributed by atoms with Crippen LogP contribution in [0.25, 0.3) is 0 Å². The van der Waals surface area contributed by atoms with Crippen LogP contribution in [-0.4, -0.2) is 44.6 Å². The van der Waals surface area contributed by atoms with Gasteiger partial charge in [-0.3, -0.25) is 0 Å². The highest BCUT2D eigenvalue weighted by molar-refractivity contribution is 4.64. The van der Waals surface area contributed by atoms with Gasteiger partial charge in [0.2, 0.25) is 0 Å². The first-order valence-electron chi connectivity index (χ1n) is 4.59. The van der Waals surface area contributed by atoms with E-state index in [1.807, 2.05) is 0 Å². The molecule has 0 atom stereocenters. The fraction of sp³-hybridized carbons (Fsp3) is 0.600. The molecule has 0 aliphatic rings. The molecule has 0 unspecified atom stereocenters. The first-order valence-corrected chi connectivity index (χ1v) is 4.59. The van der Waals surface area contributed by atoms with Crippen molar-refractivity contribution in [3.63, 3.8) is 0 Å². The lowest BCUT2D eigenvalue weighted by Gasteiger charge is -2.11. The Balaban J connectivity index is 3.14. The molecule has 0 amide bonds. The molecule has 4 heteroatoms. The molecule has 0 aromatic carbocycles. The summed E-state index contributed by atoms with van der Waals surface area (Å²) in [5.41, 5.74) is 0. The van der Waals surface area contributed by atoms with Crippen molar-refractivity contribution < 1.29 is 14.0 Å². The zero-order chi connectivity index (χ0) is 10.6. The number of rotatable bonds is 10. The minimum absolute atomic E-state index is 0.255. The highest BCUT2D eigenvalue weighted by Gasteiger charge is 2.01. The van der Waals surface area contributed by atoms with Crippen LogP contribution in [0.15, 0.2) is 25.3 Å². The molecule has 3 nitrogen and oxygen atoms in total. The van der Waals surface area contributed by atoms with Crippen LogP contribution in [0, 0.1) is 0 Å². The molecule has 0 heterocycles. The van der Waals surface area contributed by atoms with Gasteiger partial charge in [-0.1, -0.05) is 12.2 Å². The van der Waals surface area contributed by atoms with Gasteiger partial charge in [0.25, 0.3) is 0 Å². The Kier molecular flexibility index (Phi) is 9.85. The lowest BCUT2D eigenvalue weighted by atomic mass is 10.6. The van der Waals surface area contributed by atoms with Crippen molar-refractivity contribution in [1.29, 1.82) is 0 Å². The molecule has 0 saturated heterocycles. The standard InChI is InChI=1S/C10H18FNO2/c1-3-7-13-9-5-12(11)6-10-14-8-4-2/h3-4H,1-2,5-10H2. The Morgan fingerprint density at radius 2 is 1.43 bits per heavy atom. The van der Waals surface area contributed by atoms with Gasteiger partial charge in [-0.15, -0.1) is 22.8 Å². The Labute approximate surface area is 84.7 Å². The van der Waals surface area contributed by atoms with Crippen LogP contribution in [0.2, 0.25) is 0 Å². The Morgan fingerprint density at radius 3 is 1.79 bits per heavy atom. The molecular formula is C10H18FNO2. The van der Waals surface area contributed by atoms with Gasteiger partial charge in [-0.05, 0) is 0 Å². The summed E-state index contributed by atoms with van der Waals surface area (Å²) in [4.78, 5) is 0. The third-order valence-electron chi connectivity index (χ3n) is 1.43. The smallest absolute Gasteiger partial charge is 0.0645 e. The predicted octanol–water partition coefficient (Wildman–Crippen LogP) is 1.58. The first kappa shape index (κ1) is 13.3. The molecule has 0 aromatic rings. The summed E-state index contributed by atoms with van der Waals surface area (Å²) in [6, 6.07) is 0. The topological polar surface area (TPSA) is 21.7 Å². The van der Waals surface area contributed by atoms with Crippen LogP contribution in [0.3, 0.4) is 0 Å². The van der Waals surface area contributed by atoms with E-state index in [1.54, 1.807) is 12.2 Å². The molecule has 0 spiro atoms. The Hall–Kier alpha value is -0.710. The molecule has 82 valence electrons. The van der Waals surface area contributed by atoms with Crippen LogP contribution in [0.4, 0.5) is 4.48 Å². The van der Waals surface area contributed by atoms with E-state index in [2.05, 4.69) is 13.2 Å². The van der Waals surface area contributed by atoms with Crippen LogP contribution >= 0.6 is 0 Å². The fourth-order valence-electron chi connectivity index (χ4n) is 0.772. The SMILES string of the molecule is C=CCOCCN(F)CCOCC=C. The van der Waals surface area contributed by atoms with E-state index in [0.717, 1.165) is 0 Å². The van der Waals surface area contributed by atoms with Crippen molar-refractivity contribution in [2.45, 2.75) is 0 Å². The average Bonchev–Trinajstić information content (AvgIpc) is 2.19. The minimum Gasteiger partial charge on any atom is -0.376 e. The van der Waals surface area contributed by atoms with Crippen molar-refractivity contribution in [3.8, 4) is 0 Å². The van der Waals surface area contributed by atoms with Crippen molar-refractivity contribution in [2.24, 2.45) is 0 Å². The van der Waals surface area contributed by atoms with Crippen molar-refractivity contribution in [1.82, 2.24) is 5.12 Å². The van der Waals surface area contributed by atoms with Crippen molar-refractivity contribution in [2.75, 3.05) is 39.5 Å². The molecule has 0 aliphatic carbocycles. The normalized spacial score (nSPS) is 10.4. The highest BCUT2D eigenvalue weighted by Crippen LogP contribution is 1.90. The summed E-state index contributed by atoms with van der Waals surface area (Å²) in [5, 5.41) is 0.673. The maximum absolute atomic E-state index is 12.9. The number of hydrogen-bond acceptors (Lipinski definition) is 3. The highest BCUT2D eigenvalue weighted by atomic mass is 19.2. The zero-order valence-corrected chi connectivity index (χ0v) is 8.45. The molecular weight excluding hydrogens is 185 g/mol. The van der Waals surface area contributed by atoms with E-state index >= 15 is 0 Å². The Bertz CT molecular complexity index is 137. The predicted molar refractivity (Wildman–Crippen MR) is 54.7 cm³/mol. The summed E-state index contributed by atoms with van der Waals surface area (Å²) in [5.74, 6) is 0. The first-order chi connectivity index (χ1) is 6.81. The fourth-order valence-corrected chi connectivity index (χ4v) is 0.772. The van der Waals surface area contributed by atoms with E-state index in [1.165, 1.54) is 0 Å². The number of nitrogens with zero attached hydrogens (tertiary/aromatic N) is 1. The summed E-state index contributed by atoms with van der Waals surface area (Å²) < 4.78 is 22.9. The van der Waals surface area contributed by atoms with Gasteiger partial charge < -0.3 is 9.47 Å². The monoisotopic (exact) mass is 203 g/mol. The summed E-state index contributed by atoms with van der Waals surface area (Å²) in [7, 11) is 0. The summed E-state index contributed by atoms with van der Waals surface area (Å²) in [6.45, 7) is 9.13. The largest absolute Gasteiger partial charge is 0.376 e. The quantitative estimate of drug-likeness (QED) is 0.306. The van der Waals surface area contributed by atoms with Crippen LogP contribution in [0.1, 0.15) is 0 Å². The van der Waals surface area contributed by atoms with Crippen molar-refractivity contribution >= 4 is 0 Å². The van der Waals surface area contributed by atoms with Crippen LogP contribution < -0.4 is 0 Å². The third kappa shape index (κ3) is 9.38. The van der Waals surface area contributed by atoms with Gasteiger partial charge in [0, 0.05) is 0 Å². The van der Waals surface area contributed by atoms with Gasteiger partial charge in [-0.25, -0.2) is 0 Å². The molecule has 0 aromatic heterocycles. The van der Waals surface area contributed by atoms with E-state index in [-0.39, 0.29) is 13.1 Å². The van der Waals surface area contributed by atoms with Gasteiger partial charge in [-0.2, -0.15) is 0 Å². The molecule has 0 bridgehead atoms. The van der Waals surface area contributed by atoms with Gasteiger partial charge in [0.05, 0.1) is 39.5 Å². The molecule has 0 radical (unpaired) electrons. The molecule has 14 heavy (non-hydrogen) atoms. The second-order valence-corrected chi connectivity index (χ2v) is 2.64. The molecule has 0 rings (SSSR count). The maximum atomic E-state index is 12.9.